The lowest BCUT2D eigenvalue weighted by Gasteiger charge is -2.40. The third-order valence-electron chi connectivity index (χ3n) is 5.60. The van der Waals surface area contributed by atoms with E-state index in [9.17, 15) is 0 Å². The molecule has 2 aliphatic rings. The van der Waals surface area contributed by atoms with Crippen molar-refractivity contribution in [2.75, 3.05) is 32.0 Å². The molecule has 138 valence electrons. The van der Waals surface area contributed by atoms with Crippen LogP contribution in [0.4, 0.5) is 5.95 Å². The number of anilines is 1. The van der Waals surface area contributed by atoms with Gasteiger partial charge in [-0.3, -0.25) is 4.90 Å². The van der Waals surface area contributed by atoms with Crippen molar-refractivity contribution in [2.24, 2.45) is 0 Å². The van der Waals surface area contributed by atoms with Gasteiger partial charge < -0.3 is 15.6 Å². The number of nitrogens with zero attached hydrogens (tertiary/aromatic N) is 3. The number of piperidine rings is 1. The Balaban J connectivity index is 1.46. The van der Waals surface area contributed by atoms with Crippen LogP contribution in [0.25, 0.3) is 0 Å². The second-order valence-electron chi connectivity index (χ2n) is 7.41. The molecule has 26 heavy (non-hydrogen) atoms. The Bertz CT molecular complexity index is 761. The number of likely N-dealkylation sites (tertiary alicyclic amines) is 1. The summed E-state index contributed by atoms with van der Waals surface area (Å²) in [6, 6.07) is 8.17. The SMILES string of the molecule is Nc1ncc2c(n1)C1(CCCN(Cc3ccc(OCCO)cc3)C1)CC2. The molecule has 1 saturated heterocycles. The van der Waals surface area contributed by atoms with Crippen molar-refractivity contribution in [3.05, 3.63) is 47.3 Å². The van der Waals surface area contributed by atoms with Crippen LogP contribution in [-0.4, -0.2) is 46.3 Å². The van der Waals surface area contributed by atoms with E-state index in [-0.39, 0.29) is 12.0 Å². The first-order valence-electron chi connectivity index (χ1n) is 9.35. The Morgan fingerprint density at radius 3 is 2.88 bits per heavy atom. The second-order valence-corrected chi connectivity index (χ2v) is 7.41. The van der Waals surface area contributed by atoms with Gasteiger partial charge in [0.15, 0.2) is 0 Å². The first-order valence-corrected chi connectivity index (χ1v) is 9.35. The predicted molar refractivity (Wildman–Crippen MR) is 100.0 cm³/mol. The molecule has 0 saturated carbocycles. The number of benzene rings is 1. The van der Waals surface area contributed by atoms with Crippen LogP contribution in [0, 0.1) is 0 Å². The highest BCUT2D eigenvalue weighted by atomic mass is 16.5. The average Bonchev–Trinajstić information content (AvgIpc) is 2.98. The molecule has 1 fully saturated rings. The molecule has 1 atom stereocenters. The minimum atomic E-state index is 0.0349. The maximum Gasteiger partial charge on any atom is 0.220 e. The highest BCUT2D eigenvalue weighted by molar-refractivity contribution is 5.37. The summed E-state index contributed by atoms with van der Waals surface area (Å²) in [7, 11) is 0. The molecule has 1 aromatic heterocycles. The molecule has 2 heterocycles. The van der Waals surface area contributed by atoms with Gasteiger partial charge in [0.25, 0.3) is 0 Å². The molecule has 6 heteroatoms. The predicted octanol–water partition coefficient (Wildman–Crippen LogP) is 1.91. The average molecular weight is 354 g/mol. The zero-order valence-electron chi connectivity index (χ0n) is 15.0. The summed E-state index contributed by atoms with van der Waals surface area (Å²) in [6.45, 7) is 3.43. The molecule has 0 amide bonds. The van der Waals surface area contributed by atoms with Crippen molar-refractivity contribution < 1.29 is 9.84 Å². The van der Waals surface area contributed by atoms with E-state index in [2.05, 4.69) is 27.0 Å². The number of nitrogen functional groups attached to an aromatic ring is 1. The standard InChI is InChI=1S/C20H26N4O2/c21-19-22-12-16-6-8-20(18(16)23-19)7-1-9-24(14-20)13-15-2-4-17(5-3-15)26-11-10-25/h2-5,12,25H,1,6-11,13-14H2,(H2,21,22,23). The summed E-state index contributed by atoms with van der Waals surface area (Å²) in [6.07, 6.45) is 6.48. The number of nitrogens with two attached hydrogens (primary N) is 1. The van der Waals surface area contributed by atoms with E-state index in [1.165, 1.54) is 29.7 Å². The number of fused-ring (bicyclic) bond motifs is 2. The van der Waals surface area contributed by atoms with Crippen molar-refractivity contribution in [3.8, 4) is 5.75 Å². The van der Waals surface area contributed by atoms with Gasteiger partial charge >= 0.3 is 0 Å². The molecule has 1 spiro atoms. The van der Waals surface area contributed by atoms with Gasteiger partial charge in [-0.15, -0.1) is 0 Å². The molecule has 0 radical (unpaired) electrons. The van der Waals surface area contributed by atoms with E-state index in [0.717, 1.165) is 38.2 Å². The Kier molecular flexibility index (Phi) is 4.78. The minimum absolute atomic E-state index is 0.0349. The molecule has 4 rings (SSSR count). The van der Waals surface area contributed by atoms with Crippen molar-refractivity contribution >= 4 is 5.95 Å². The monoisotopic (exact) mass is 354 g/mol. The van der Waals surface area contributed by atoms with E-state index < -0.39 is 0 Å². The number of rotatable bonds is 5. The molecular weight excluding hydrogens is 328 g/mol. The normalized spacial score (nSPS) is 22.5. The van der Waals surface area contributed by atoms with Crippen molar-refractivity contribution in [1.29, 1.82) is 0 Å². The van der Waals surface area contributed by atoms with Crippen LogP contribution in [0.15, 0.2) is 30.5 Å². The summed E-state index contributed by atoms with van der Waals surface area (Å²) in [5.41, 5.74) is 9.73. The Hall–Kier alpha value is -2.18. The molecule has 1 unspecified atom stereocenters. The molecular formula is C20H26N4O2. The van der Waals surface area contributed by atoms with E-state index in [0.29, 0.717) is 12.6 Å². The van der Waals surface area contributed by atoms with Gasteiger partial charge in [0, 0.05) is 24.7 Å². The Morgan fingerprint density at radius 2 is 2.08 bits per heavy atom. The molecule has 2 aromatic rings. The molecule has 1 aromatic carbocycles. The fraction of sp³-hybridized carbons (Fsp3) is 0.500. The minimum Gasteiger partial charge on any atom is -0.491 e. The van der Waals surface area contributed by atoms with Crippen LogP contribution in [0.5, 0.6) is 5.75 Å². The van der Waals surface area contributed by atoms with Crippen LogP contribution < -0.4 is 10.5 Å². The van der Waals surface area contributed by atoms with Crippen molar-refractivity contribution in [2.45, 2.75) is 37.6 Å². The summed E-state index contributed by atoms with van der Waals surface area (Å²) in [5, 5.41) is 8.84. The third kappa shape index (κ3) is 3.39. The summed E-state index contributed by atoms with van der Waals surface area (Å²) in [5.74, 6) is 1.19. The second kappa shape index (κ2) is 7.21. The number of ether oxygens (including phenoxy) is 1. The zero-order chi connectivity index (χ0) is 18.0. The molecule has 1 aliphatic carbocycles. The summed E-state index contributed by atoms with van der Waals surface area (Å²) < 4.78 is 5.44. The summed E-state index contributed by atoms with van der Waals surface area (Å²) in [4.78, 5) is 11.3. The van der Waals surface area contributed by atoms with Gasteiger partial charge in [-0.25, -0.2) is 9.97 Å². The Labute approximate surface area is 154 Å². The van der Waals surface area contributed by atoms with Gasteiger partial charge in [0.05, 0.1) is 12.3 Å². The number of aromatic nitrogens is 2. The van der Waals surface area contributed by atoms with Crippen LogP contribution in [0.1, 0.15) is 36.1 Å². The van der Waals surface area contributed by atoms with E-state index >= 15 is 0 Å². The van der Waals surface area contributed by atoms with Crippen LogP contribution in [0.2, 0.25) is 0 Å². The lowest BCUT2D eigenvalue weighted by molar-refractivity contribution is 0.137. The number of aliphatic hydroxyl groups excluding tert-OH is 1. The summed E-state index contributed by atoms with van der Waals surface area (Å²) >= 11 is 0. The van der Waals surface area contributed by atoms with Crippen molar-refractivity contribution in [1.82, 2.24) is 14.9 Å². The maximum absolute atomic E-state index is 8.84. The Morgan fingerprint density at radius 1 is 1.23 bits per heavy atom. The smallest absolute Gasteiger partial charge is 0.220 e. The van der Waals surface area contributed by atoms with E-state index in [1.54, 1.807) is 0 Å². The van der Waals surface area contributed by atoms with Crippen molar-refractivity contribution in [3.63, 3.8) is 0 Å². The maximum atomic E-state index is 8.84. The first kappa shape index (κ1) is 17.2. The third-order valence-corrected chi connectivity index (χ3v) is 5.60. The van der Waals surface area contributed by atoms with Gasteiger partial charge in [0.2, 0.25) is 5.95 Å². The molecule has 3 N–H and O–H groups in total. The van der Waals surface area contributed by atoms with Crippen LogP contribution in [0.3, 0.4) is 0 Å². The largest absolute Gasteiger partial charge is 0.491 e. The highest BCUT2D eigenvalue weighted by Crippen LogP contribution is 2.44. The van der Waals surface area contributed by atoms with Gasteiger partial charge in [-0.1, -0.05) is 12.1 Å². The number of hydrogen-bond acceptors (Lipinski definition) is 6. The highest BCUT2D eigenvalue weighted by Gasteiger charge is 2.43. The molecule has 6 nitrogen and oxygen atoms in total. The number of aryl methyl sites for hydroxylation is 1. The van der Waals surface area contributed by atoms with Crippen LogP contribution >= 0.6 is 0 Å². The topological polar surface area (TPSA) is 84.5 Å². The fourth-order valence-electron chi connectivity index (χ4n) is 4.43. The van der Waals surface area contributed by atoms with Gasteiger partial charge in [0.1, 0.15) is 12.4 Å². The molecule has 1 aliphatic heterocycles. The number of aliphatic hydroxyl groups is 1. The lowest BCUT2D eigenvalue weighted by atomic mass is 9.77. The lowest BCUT2D eigenvalue weighted by Crippen LogP contribution is -2.45. The van der Waals surface area contributed by atoms with Gasteiger partial charge in [-0.05, 0) is 55.5 Å². The number of hydrogen-bond donors (Lipinski definition) is 2. The zero-order valence-corrected chi connectivity index (χ0v) is 15.0. The fourth-order valence-corrected chi connectivity index (χ4v) is 4.43. The van der Waals surface area contributed by atoms with E-state index in [4.69, 9.17) is 15.6 Å². The van der Waals surface area contributed by atoms with Gasteiger partial charge in [-0.2, -0.15) is 0 Å². The van der Waals surface area contributed by atoms with E-state index in [1.807, 2.05) is 18.3 Å². The van der Waals surface area contributed by atoms with Crippen LogP contribution in [-0.2, 0) is 18.4 Å². The first-order chi connectivity index (χ1) is 12.7. The molecule has 0 bridgehead atoms. The quantitative estimate of drug-likeness (QED) is 0.853.